The Kier molecular flexibility index (Phi) is 3.72. The molecule has 0 aromatic heterocycles. The fourth-order valence-corrected chi connectivity index (χ4v) is 4.17. The average molecular weight is 328 g/mol. The molecule has 1 spiro atoms. The summed E-state index contributed by atoms with van der Waals surface area (Å²) in [7, 11) is 0. The molecule has 0 radical (unpaired) electrons. The van der Waals surface area contributed by atoms with Crippen LogP contribution in [-0.4, -0.2) is 42.5 Å². The highest BCUT2D eigenvalue weighted by Crippen LogP contribution is 2.47. The number of benzene rings is 1. The molecule has 6 nitrogen and oxygen atoms in total. The summed E-state index contributed by atoms with van der Waals surface area (Å²) in [4.78, 5) is 26.2. The number of carbonyl (C=O) groups is 2. The smallest absolute Gasteiger partial charge is 0.317 e. The molecule has 1 atom stereocenters. The van der Waals surface area contributed by atoms with Crippen LogP contribution in [0.3, 0.4) is 0 Å². The summed E-state index contributed by atoms with van der Waals surface area (Å²) in [6, 6.07) is 5.90. The number of nitrogens with one attached hydrogen (secondary N) is 2. The normalized spacial score (nSPS) is 24.3. The Bertz CT molecular complexity index is 684. The van der Waals surface area contributed by atoms with Crippen molar-refractivity contribution in [1.82, 2.24) is 15.5 Å². The largest absolute Gasteiger partial charge is 0.352 e. The third kappa shape index (κ3) is 2.55. The molecular formula is C18H24N4O2. The van der Waals surface area contributed by atoms with E-state index in [1.54, 1.807) is 0 Å². The van der Waals surface area contributed by atoms with E-state index in [1.165, 1.54) is 6.42 Å². The van der Waals surface area contributed by atoms with Crippen LogP contribution < -0.4 is 16.4 Å². The molecule has 3 amide bonds. The first-order chi connectivity index (χ1) is 11.6. The molecule has 1 saturated carbocycles. The lowest BCUT2D eigenvalue weighted by atomic mass is 9.66. The lowest BCUT2D eigenvalue weighted by Crippen LogP contribution is -2.45. The first-order valence-corrected chi connectivity index (χ1v) is 8.76. The van der Waals surface area contributed by atoms with Gasteiger partial charge in [-0.25, -0.2) is 4.79 Å². The van der Waals surface area contributed by atoms with Crippen molar-refractivity contribution in [2.24, 2.45) is 11.1 Å². The van der Waals surface area contributed by atoms with E-state index < -0.39 is 0 Å². The van der Waals surface area contributed by atoms with E-state index in [0.717, 1.165) is 42.5 Å². The summed E-state index contributed by atoms with van der Waals surface area (Å²) in [5.74, 6) is -0.0260. The molecule has 2 aliphatic heterocycles. The van der Waals surface area contributed by atoms with E-state index in [4.69, 9.17) is 5.73 Å². The summed E-state index contributed by atoms with van der Waals surface area (Å²) >= 11 is 0. The zero-order chi connectivity index (χ0) is 16.7. The molecule has 1 aromatic carbocycles. The Labute approximate surface area is 141 Å². The van der Waals surface area contributed by atoms with E-state index in [9.17, 15) is 9.59 Å². The van der Waals surface area contributed by atoms with Crippen molar-refractivity contribution >= 4 is 11.9 Å². The first kappa shape index (κ1) is 15.4. The number of carbonyl (C=O) groups excluding carboxylic acids is 2. The molecule has 1 unspecified atom stereocenters. The van der Waals surface area contributed by atoms with E-state index in [0.29, 0.717) is 19.6 Å². The minimum absolute atomic E-state index is 0.0260. The van der Waals surface area contributed by atoms with Gasteiger partial charge in [0.15, 0.2) is 0 Å². The second-order valence-electron chi connectivity index (χ2n) is 7.36. The molecule has 2 heterocycles. The van der Waals surface area contributed by atoms with Gasteiger partial charge in [0.05, 0.1) is 0 Å². The van der Waals surface area contributed by atoms with Crippen LogP contribution in [0.4, 0.5) is 4.79 Å². The van der Waals surface area contributed by atoms with E-state index in [2.05, 4.69) is 10.6 Å². The Hall–Kier alpha value is -2.08. The first-order valence-electron chi connectivity index (χ1n) is 8.76. The van der Waals surface area contributed by atoms with Gasteiger partial charge in [-0.05, 0) is 36.5 Å². The Morgan fingerprint density at radius 1 is 1.42 bits per heavy atom. The van der Waals surface area contributed by atoms with Crippen molar-refractivity contribution in [2.75, 3.05) is 19.6 Å². The van der Waals surface area contributed by atoms with Crippen molar-refractivity contribution in [3.8, 4) is 0 Å². The molecule has 2 fully saturated rings. The van der Waals surface area contributed by atoms with Crippen LogP contribution in [0.2, 0.25) is 0 Å². The summed E-state index contributed by atoms with van der Waals surface area (Å²) in [6.07, 6.45) is 4.36. The van der Waals surface area contributed by atoms with Crippen LogP contribution in [0.25, 0.3) is 0 Å². The van der Waals surface area contributed by atoms with Gasteiger partial charge >= 0.3 is 6.03 Å². The van der Waals surface area contributed by atoms with Crippen molar-refractivity contribution in [3.05, 3.63) is 34.9 Å². The molecule has 1 aliphatic carbocycles. The lowest BCUT2D eigenvalue weighted by Gasteiger charge is -2.41. The minimum Gasteiger partial charge on any atom is -0.352 e. The van der Waals surface area contributed by atoms with Gasteiger partial charge in [-0.15, -0.1) is 0 Å². The molecule has 24 heavy (non-hydrogen) atoms. The third-order valence-corrected chi connectivity index (χ3v) is 5.89. The number of fused-ring (bicyclic) bond motifs is 1. The lowest BCUT2D eigenvalue weighted by molar-refractivity contribution is 0.0946. The van der Waals surface area contributed by atoms with Crippen LogP contribution in [0, 0.1) is 5.41 Å². The standard InChI is InChI=1S/C18H24N4O2/c19-15-10-22(11-18(15)5-1-6-18)17(24)21-9-12-2-3-13-4-7-20-16(23)14(13)8-12/h2-3,8,15H,1,4-7,9-11,19H2,(H,20,23)(H,21,24). The number of nitrogens with two attached hydrogens (primary N) is 1. The fourth-order valence-electron chi connectivity index (χ4n) is 4.17. The van der Waals surface area contributed by atoms with Crippen molar-refractivity contribution in [3.63, 3.8) is 0 Å². The molecule has 128 valence electrons. The Morgan fingerprint density at radius 2 is 2.25 bits per heavy atom. The highest BCUT2D eigenvalue weighted by atomic mass is 16.2. The van der Waals surface area contributed by atoms with Gasteiger partial charge in [0, 0.05) is 43.2 Å². The maximum Gasteiger partial charge on any atom is 0.317 e. The van der Waals surface area contributed by atoms with Crippen LogP contribution in [-0.2, 0) is 13.0 Å². The quantitative estimate of drug-likeness (QED) is 0.757. The fraction of sp³-hybridized carbons (Fsp3) is 0.556. The Balaban J connectivity index is 1.38. The van der Waals surface area contributed by atoms with Gasteiger partial charge < -0.3 is 21.3 Å². The molecule has 1 aromatic rings. The molecular weight excluding hydrogens is 304 g/mol. The molecule has 1 saturated heterocycles. The number of amides is 3. The predicted octanol–water partition coefficient (Wildman–Crippen LogP) is 0.995. The highest BCUT2D eigenvalue weighted by Gasteiger charge is 2.49. The topological polar surface area (TPSA) is 87.5 Å². The maximum atomic E-state index is 12.4. The number of urea groups is 1. The van der Waals surface area contributed by atoms with Gasteiger partial charge in [0.25, 0.3) is 5.91 Å². The third-order valence-electron chi connectivity index (χ3n) is 5.89. The number of likely N-dealkylation sites (tertiary alicyclic amines) is 1. The average Bonchev–Trinajstić information content (AvgIpc) is 2.91. The molecule has 0 bridgehead atoms. The van der Waals surface area contributed by atoms with E-state index in [1.807, 2.05) is 23.1 Å². The van der Waals surface area contributed by atoms with Crippen LogP contribution in [0.5, 0.6) is 0 Å². The Morgan fingerprint density at radius 3 is 2.96 bits per heavy atom. The summed E-state index contributed by atoms with van der Waals surface area (Å²) in [5.41, 5.74) is 9.15. The summed E-state index contributed by atoms with van der Waals surface area (Å²) in [6.45, 7) is 2.53. The van der Waals surface area contributed by atoms with Gasteiger partial charge in [0.2, 0.25) is 0 Å². The van der Waals surface area contributed by atoms with E-state index in [-0.39, 0.29) is 23.4 Å². The van der Waals surface area contributed by atoms with Crippen LogP contribution in [0.15, 0.2) is 18.2 Å². The van der Waals surface area contributed by atoms with Crippen molar-refractivity contribution in [2.45, 2.75) is 38.3 Å². The number of hydrogen-bond donors (Lipinski definition) is 3. The van der Waals surface area contributed by atoms with Gasteiger partial charge in [-0.1, -0.05) is 18.6 Å². The number of nitrogens with zero attached hydrogens (tertiary/aromatic N) is 1. The van der Waals surface area contributed by atoms with Gasteiger partial charge in [0.1, 0.15) is 0 Å². The second kappa shape index (κ2) is 5.77. The zero-order valence-corrected chi connectivity index (χ0v) is 13.8. The molecule has 4 N–H and O–H groups in total. The molecule has 6 heteroatoms. The molecule has 4 rings (SSSR count). The van der Waals surface area contributed by atoms with Crippen molar-refractivity contribution < 1.29 is 9.59 Å². The van der Waals surface area contributed by atoms with Crippen LogP contribution >= 0.6 is 0 Å². The van der Waals surface area contributed by atoms with Gasteiger partial charge in [-0.3, -0.25) is 4.79 Å². The van der Waals surface area contributed by atoms with Crippen LogP contribution in [0.1, 0.15) is 40.7 Å². The monoisotopic (exact) mass is 328 g/mol. The second-order valence-corrected chi connectivity index (χ2v) is 7.36. The molecule has 3 aliphatic rings. The summed E-state index contributed by atoms with van der Waals surface area (Å²) < 4.78 is 0. The maximum absolute atomic E-state index is 12.4. The minimum atomic E-state index is -0.0589. The highest BCUT2D eigenvalue weighted by molar-refractivity contribution is 5.96. The SMILES string of the molecule is NC1CN(C(=O)NCc2ccc3c(c2)C(=O)NCC3)CC12CCC2. The van der Waals surface area contributed by atoms with Crippen molar-refractivity contribution in [1.29, 1.82) is 0 Å². The summed E-state index contributed by atoms with van der Waals surface area (Å²) in [5, 5.41) is 5.82. The van der Waals surface area contributed by atoms with Gasteiger partial charge in [-0.2, -0.15) is 0 Å². The number of rotatable bonds is 2. The predicted molar refractivity (Wildman–Crippen MR) is 90.5 cm³/mol. The zero-order valence-electron chi connectivity index (χ0n) is 13.8. The van der Waals surface area contributed by atoms with E-state index >= 15 is 0 Å². The number of hydrogen-bond acceptors (Lipinski definition) is 3.